The lowest BCUT2D eigenvalue weighted by molar-refractivity contribution is 0.0760. The zero-order valence-electron chi connectivity index (χ0n) is 10.6. The number of thiophene rings is 1. The van der Waals surface area contributed by atoms with E-state index < -0.39 is 0 Å². The Morgan fingerprint density at radius 1 is 1.37 bits per heavy atom. The predicted octanol–water partition coefficient (Wildman–Crippen LogP) is 1.57. The van der Waals surface area contributed by atoms with Gasteiger partial charge in [-0.3, -0.25) is 9.89 Å². The molecule has 0 atom stereocenters. The molecule has 2 N–H and O–H groups in total. The molecule has 0 radical (unpaired) electrons. The average Bonchev–Trinajstić information content (AvgIpc) is 3.04. The third-order valence-corrected chi connectivity index (χ3v) is 4.11. The molecule has 0 unspecified atom stereocenters. The van der Waals surface area contributed by atoms with Crippen molar-refractivity contribution >= 4 is 17.2 Å². The highest BCUT2D eigenvalue weighted by atomic mass is 32.1. The summed E-state index contributed by atoms with van der Waals surface area (Å²) in [7, 11) is 0. The van der Waals surface area contributed by atoms with Crippen LogP contribution in [0.3, 0.4) is 0 Å². The third kappa shape index (κ3) is 2.69. The van der Waals surface area contributed by atoms with Gasteiger partial charge in [-0.15, -0.1) is 11.3 Å². The molecule has 0 spiro atoms. The highest BCUT2D eigenvalue weighted by molar-refractivity contribution is 7.13. The van der Waals surface area contributed by atoms with E-state index in [1.807, 2.05) is 28.5 Å². The van der Waals surface area contributed by atoms with Crippen molar-refractivity contribution in [1.29, 1.82) is 0 Å². The molecule has 3 rings (SSSR count). The van der Waals surface area contributed by atoms with Gasteiger partial charge in [0.05, 0.1) is 10.6 Å². The second-order valence-corrected chi connectivity index (χ2v) is 5.49. The number of H-pyrrole nitrogens is 1. The smallest absolute Gasteiger partial charge is 0.274 e. The third-order valence-electron chi connectivity index (χ3n) is 3.21. The molecule has 1 aliphatic heterocycles. The number of hydrogen-bond donors (Lipinski definition) is 2. The van der Waals surface area contributed by atoms with E-state index in [4.69, 9.17) is 0 Å². The van der Waals surface area contributed by atoms with E-state index in [0.717, 1.165) is 43.2 Å². The molecule has 19 heavy (non-hydrogen) atoms. The molecular formula is C13H16N4OS. The molecule has 0 saturated carbocycles. The topological polar surface area (TPSA) is 61.0 Å². The normalized spacial score (nSPS) is 16.3. The first-order valence-electron chi connectivity index (χ1n) is 6.44. The van der Waals surface area contributed by atoms with Crippen LogP contribution in [-0.2, 0) is 0 Å². The number of nitrogens with one attached hydrogen (secondary N) is 2. The van der Waals surface area contributed by atoms with Crippen molar-refractivity contribution in [3.63, 3.8) is 0 Å². The predicted molar refractivity (Wildman–Crippen MR) is 75.3 cm³/mol. The lowest BCUT2D eigenvalue weighted by Gasteiger charge is -2.18. The van der Waals surface area contributed by atoms with Crippen LogP contribution in [0.15, 0.2) is 23.6 Å². The van der Waals surface area contributed by atoms with Gasteiger partial charge in [0.25, 0.3) is 5.91 Å². The SMILES string of the molecule is O=C(c1cc(-c2cccs2)[nH]n1)N1CCCNCC1. The fraction of sp³-hybridized carbons (Fsp3) is 0.385. The summed E-state index contributed by atoms with van der Waals surface area (Å²) in [5.41, 5.74) is 1.41. The van der Waals surface area contributed by atoms with Crippen molar-refractivity contribution in [2.45, 2.75) is 6.42 Å². The molecule has 0 bridgehead atoms. The molecule has 3 heterocycles. The van der Waals surface area contributed by atoms with Gasteiger partial charge in [-0.05, 0) is 30.5 Å². The van der Waals surface area contributed by atoms with Crippen LogP contribution in [0, 0.1) is 0 Å². The van der Waals surface area contributed by atoms with Gasteiger partial charge in [-0.1, -0.05) is 6.07 Å². The Morgan fingerprint density at radius 3 is 3.16 bits per heavy atom. The highest BCUT2D eigenvalue weighted by Gasteiger charge is 2.20. The minimum Gasteiger partial charge on any atom is -0.336 e. The fourth-order valence-electron chi connectivity index (χ4n) is 2.20. The largest absolute Gasteiger partial charge is 0.336 e. The van der Waals surface area contributed by atoms with Crippen molar-refractivity contribution in [2.24, 2.45) is 0 Å². The summed E-state index contributed by atoms with van der Waals surface area (Å²) in [5.74, 6) is 0.0164. The number of aromatic amines is 1. The van der Waals surface area contributed by atoms with Crippen molar-refractivity contribution in [3.05, 3.63) is 29.3 Å². The van der Waals surface area contributed by atoms with Gasteiger partial charge < -0.3 is 10.2 Å². The minimum absolute atomic E-state index is 0.0164. The number of carbonyl (C=O) groups is 1. The van der Waals surface area contributed by atoms with Crippen LogP contribution >= 0.6 is 11.3 Å². The zero-order chi connectivity index (χ0) is 13.1. The molecule has 6 heteroatoms. The maximum atomic E-state index is 12.4. The summed E-state index contributed by atoms with van der Waals surface area (Å²) in [6, 6.07) is 5.84. The molecule has 2 aromatic rings. The Morgan fingerprint density at radius 2 is 2.32 bits per heavy atom. The number of amides is 1. The molecule has 5 nitrogen and oxygen atoms in total. The van der Waals surface area contributed by atoms with Gasteiger partial charge in [0.15, 0.2) is 5.69 Å². The van der Waals surface area contributed by atoms with Crippen LogP contribution in [-0.4, -0.2) is 47.2 Å². The van der Waals surface area contributed by atoms with E-state index >= 15 is 0 Å². The lowest BCUT2D eigenvalue weighted by atomic mass is 10.3. The van der Waals surface area contributed by atoms with Crippen LogP contribution in [0.2, 0.25) is 0 Å². The number of rotatable bonds is 2. The van der Waals surface area contributed by atoms with Crippen LogP contribution in [0.4, 0.5) is 0 Å². The molecule has 0 aromatic carbocycles. The Bertz CT molecular complexity index is 541. The van der Waals surface area contributed by atoms with Crippen LogP contribution < -0.4 is 5.32 Å². The fourth-order valence-corrected chi connectivity index (χ4v) is 2.89. The van der Waals surface area contributed by atoms with Crippen molar-refractivity contribution in [3.8, 4) is 10.6 Å². The first-order valence-corrected chi connectivity index (χ1v) is 7.32. The van der Waals surface area contributed by atoms with Gasteiger partial charge >= 0.3 is 0 Å². The Labute approximate surface area is 115 Å². The minimum atomic E-state index is 0.0164. The molecule has 1 saturated heterocycles. The Kier molecular flexibility index (Phi) is 3.61. The summed E-state index contributed by atoms with van der Waals surface area (Å²) in [6.45, 7) is 3.38. The Hall–Kier alpha value is -1.66. The van der Waals surface area contributed by atoms with E-state index in [1.54, 1.807) is 11.3 Å². The summed E-state index contributed by atoms with van der Waals surface area (Å²) in [4.78, 5) is 15.3. The number of aromatic nitrogens is 2. The molecule has 1 amide bonds. The second-order valence-electron chi connectivity index (χ2n) is 4.54. The van der Waals surface area contributed by atoms with E-state index in [-0.39, 0.29) is 5.91 Å². The molecule has 1 fully saturated rings. The lowest BCUT2D eigenvalue weighted by Crippen LogP contribution is -2.34. The summed E-state index contributed by atoms with van der Waals surface area (Å²) in [5, 5.41) is 12.4. The van der Waals surface area contributed by atoms with Crippen molar-refractivity contribution in [2.75, 3.05) is 26.2 Å². The molecule has 0 aliphatic carbocycles. The van der Waals surface area contributed by atoms with Gasteiger partial charge in [0.1, 0.15) is 0 Å². The van der Waals surface area contributed by atoms with E-state index in [0.29, 0.717) is 5.69 Å². The standard InChI is InChI=1S/C13H16N4OS/c18-13(17-6-2-4-14-5-7-17)11-9-10(15-16-11)12-3-1-8-19-12/h1,3,8-9,14H,2,4-7H2,(H,15,16). The summed E-state index contributed by atoms with van der Waals surface area (Å²) >= 11 is 1.63. The summed E-state index contributed by atoms with van der Waals surface area (Å²) < 4.78 is 0. The number of hydrogen-bond acceptors (Lipinski definition) is 4. The molecule has 100 valence electrons. The first-order chi connectivity index (χ1) is 9.34. The van der Waals surface area contributed by atoms with Crippen LogP contribution in [0.1, 0.15) is 16.9 Å². The summed E-state index contributed by atoms with van der Waals surface area (Å²) in [6.07, 6.45) is 0.994. The monoisotopic (exact) mass is 276 g/mol. The van der Waals surface area contributed by atoms with E-state index in [1.165, 1.54) is 0 Å². The zero-order valence-corrected chi connectivity index (χ0v) is 11.4. The second kappa shape index (κ2) is 5.54. The van der Waals surface area contributed by atoms with Gasteiger partial charge in [-0.25, -0.2) is 0 Å². The first kappa shape index (κ1) is 12.4. The maximum absolute atomic E-state index is 12.4. The molecular weight excluding hydrogens is 260 g/mol. The Balaban J connectivity index is 1.76. The van der Waals surface area contributed by atoms with Crippen LogP contribution in [0.25, 0.3) is 10.6 Å². The van der Waals surface area contributed by atoms with Crippen LogP contribution in [0.5, 0.6) is 0 Å². The number of carbonyl (C=O) groups excluding carboxylic acids is 1. The average molecular weight is 276 g/mol. The van der Waals surface area contributed by atoms with Gasteiger partial charge in [0.2, 0.25) is 0 Å². The van der Waals surface area contributed by atoms with E-state index in [9.17, 15) is 4.79 Å². The highest BCUT2D eigenvalue weighted by Crippen LogP contribution is 2.23. The molecule has 2 aromatic heterocycles. The molecule has 1 aliphatic rings. The van der Waals surface area contributed by atoms with Crippen molar-refractivity contribution in [1.82, 2.24) is 20.4 Å². The number of nitrogens with zero attached hydrogens (tertiary/aromatic N) is 2. The van der Waals surface area contributed by atoms with Gasteiger partial charge in [0, 0.05) is 19.6 Å². The van der Waals surface area contributed by atoms with Gasteiger partial charge in [-0.2, -0.15) is 5.10 Å². The van der Waals surface area contributed by atoms with E-state index in [2.05, 4.69) is 15.5 Å². The van der Waals surface area contributed by atoms with Crippen molar-refractivity contribution < 1.29 is 4.79 Å². The maximum Gasteiger partial charge on any atom is 0.274 e. The quantitative estimate of drug-likeness (QED) is 0.875.